The summed E-state index contributed by atoms with van der Waals surface area (Å²) in [6.45, 7) is 0. The molecule has 0 fully saturated rings. The summed E-state index contributed by atoms with van der Waals surface area (Å²) in [5.74, 6) is 1.86. The Labute approximate surface area is 168 Å². The number of hydrogen-bond acceptors (Lipinski definition) is 4. The van der Waals surface area contributed by atoms with Crippen molar-refractivity contribution in [2.75, 3.05) is 12.4 Å². The Morgan fingerprint density at radius 1 is 0.828 bits per heavy atom. The summed E-state index contributed by atoms with van der Waals surface area (Å²) < 4.78 is 16.6. The summed E-state index contributed by atoms with van der Waals surface area (Å²) in [5.41, 5.74) is 2.31. The molecule has 1 aromatic heterocycles. The molecule has 144 valence electrons. The van der Waals surface area contributed by atoms with Crippen LogP contribution in [0.5, 0.6) is 17.2 Å². The lowest BCUT2D eigenvalue weighted by molar-refractivity contribution is 0.0997. The zero-order valence-corrected chi connectivity index (χ0v) is 15.8. The van der Waals surface area contributed by atoms with E-state index in [1.165, 1.54) is 6.26 Å². The van der Waals surface area contributed by atoms with Crippen LogP contribution < -0.4 is 14.8 Å². The zero-order valence-electron chi connectivity index (χ0n) is 15.8. The van der Waals surface area contributed by atoms with Crippen LogP contribution in [0.25, 0.3) is 11.1 Å². The maximum absolute atomic E-state index is 12.7. The standard InChI is InChI=1S/C24H19NO4/c1-27-21-9-5-6-10-22(21)29-19-13-11-18(12-14-19)25-24(26)23-20(15-16-28-23)17-7-3-2-4-8-17/h2-16H,1H3,(H,25,26). The van der Waals surface area contributed by atoms with Crippen molar-refractivity contribution in [2.45, 2.75) is 0 Å². The normalized spacial score (nSPS) is 10.4. The van der Waals surface area contributed by atoms with Gasteiger partial charge in [-0.15, -0.1) is 0 Å². The second-order valence-electron chi connectivity index (χ2n) is 6.26. The van der Waals surface area contributed by atoms with Crippen molar-refractivity contribution in [3.05, 3.63) is 97.0 Å². The maximum Gasteiger partial charge on any atom is 0.292 e. The van der Waals surface area contributed by atoms with Gasteiger partial charge in [0.1, 0.15) is 5.75 Å². The molecular formula is C24H19NO4. The molecule has 0 saturated heterocycles. The van der Waals surface area contributed by atoms with Crippen molar-refractivity contribution in [2.24, 2.45) is 0 Å². The Bertz CT molecular complexity index is 1100. The molecule has 1 N–H and O–H groups in total. The van der Waals surface area contributed by atoms with Gasteiger partial charge in [-0.25, -0.2) is 0 Å². The molecule has 0 saturated carbocycles. The summed E-state index contributed by atoms with van der Waals surface area (Å²) in [4.78, 5) is 12.7. The van der Waals surface area contributed by atoms with E-state index in [9.17, 15) is 4.79 Å². The number of methoxy groups -OCH3 is 1. The molecule has 0 radical (unpaired) electrons. The van der Waals surface area contributed by atoms with Crippen LogP contribution in [0.2, 0.25) is 0 Å². The predicted molar refractivity (Wildman–Crippen MR) is 112 cm³/mol. The highest BCUT2D eigenvalue weighted by atomic mass is 16.5. The highest BCUT2D eigenvalue weighted by Crippen LogP contribution is 2.31. The van der Waals surface area contributed by atoms with E-state index < -0.39 is 0 Å². The van der Waals surface area contributed by atoms with Crippen LogP contribution in [0.4, 0.5) is 5.69 Å². The Morgan fingerprint density at radius 3 is 2.24 bits per heavy atom. The lowest BCUT2D eigenvalue weighted by atomic mass is 10.1. The third-order valence-electron chi connectivity index (χ3n) is 4.37. The molecule has 3 aromatic carbocycles. The number of anilines is 1. The monoisotopic (exact) mass is 385 g/mol. The number of rotatable bonds is 6. The van der Waals surface area contributed by atoms with Crippen LogP contribution >= 0.6 is 0 Å². The minimum absolute atomic E-state index is 0.269. The maximum atomic E-state index is 12.7. The van der Waals surface area contributed by atoms with Gasteiger partial charge in [-0.1, -0.05) is 42.5 Å². The van der Waals surface area contributed by atoms with Gasteiger partial charge in [-0.05, 0) is 48.0 Å². The summed E-state index contributed by atoms with van der Waals surface area (Å²) in [6, 6.07) is 25.9. The fraction of sp³-hybridized carbons (Fsp3) is 0.0417. The van der Waals surface area contributed by atoms with Crippen molar-refractivity contribution >= 4 is 11.6 Å². The van der Waals surface area contributed by atoms with Crippen LogP contribution in [0, 0.1) is 0 Å². The first-order chi connectivity index (χ1) is 14.2. The Balaban J connectivity index is 1.47. The van der Waals surface area contributed by atoms with Gasteiger partial charge in [-0.2, -0.15) is 0 Å². The first-order valence-corrected chi connectivity index (χ1v) is 9.10. The first-order valence-electron chi connectivity index (χ1n) is 9.10. The van der Waals surface area contributed by atoms with Crippen molar-refractivity contribution in [1.29, 1.82) is 0 Å². The number of nitrogens with one attached hydrogen (secondary N) is 1. The van der Waals surface area contributed by atoms with Crippen LogP contribution in [-0.2, 0) is 0 Å². The van der Waals surface area contributed by atoms with Crippen molar-refractivity contribution in [1.82, 2.24) is 0 Å². The number of ether oxygens (including phenoxy) is 2. The van der Waals surface area contributed by atoms with E-state index in [0.29, 0.717) is 22.9 Å². The molecule has 0 spiro atoms. The lowest BCUT2D eigenvalue weighted by Gasteiger charge is -2.11. The third kappa shape index (κ3) is 4.14. The molecule has 1 amide bonds. The Hall–Kier alpha value is -3.99. The van der Waals surface area contributed by atoms with Crippen LogP contribution in [0.15, 0.2) is 95.6 Å². The SMILES string of the molecule is COc1ccccc1Oc1ccc(NC(=O)c2occc2-c2ccccc2)cc1. The van der Waals surface area contributed by atoms with Gasteiger partial charge >= 0.3 is 0 Å². The number of para-hydroxylation sites is 2. The lowest BCUT2D eigenvalue weighted by Crippen LogP contribution is -2.11. The van der Waals surface area contributed by atoms with Gasteiger partial charge in [0.15, 0.2) is 17.3 Å². The van der Waals surface area contributed by atoms with E-state index in [0.717, 1.165) is 11.1 Å². The van der Waals surface area contributed by atoms with E-state index in [2.05, 4.69) is 5.32 Å². The highest BCUT2D eigenvalue weighted by Gasteiger charge is 2.17. The largest absolute Gasteiger partial charge is 0.493 e. The number of carbonyl (C=O) groups excluding carboxylic acids is 1. The van der Waals surface area contributed by atoms with E-state index >= 15 is 0 Å². The molecule has 0 aliphatic rings. The zero-order chi connectivity index (χ0) is 20.1. The van der Waals surface area contributed by atoms with E-state index in [1.807, 2.05) is 54.6 Å². The third-order valence-corrected chi connectivity index (χ3v) is 4.37. The minimum atomic E-state index is -0.313. The summed E-state index contributed by atoms with van der Waals surface area (Å²) in [5, 5.41) is 2.86. The number of hydrogen-bond donors (Lipinski definition) is 1. The van der Waals surface area contributed by atoms with Crippen molar-refractivity contribution in [3.63, 3.8) is 0 Å². The molecule has 29 heavy (non-hydrogen) atoms. The van der Waals surface area contributed by atoms with Crippen LogP contribution in [0.1, 0.15) is 10.6 Å². The number of carbonyl (C=O) groups is 1. The van der Waals surface area contributed by atoms with Crippen molar-refractivity contribution < 1.29 is 18.7 Å². The second kappa shape index (κ2) is 8.35. The Kier molecular flexibility index (Phi) is 5.29. The molecule has 0 aliphatic heterocycles. The quantitative estimate of drug-likeness (QED) is 0.442. The molecule has 5 nitrogen and oxygen atoms in total. The highest BCUT2D eigenvalue weighted by molar-refractivity contribution is 6.06. The van der Waals surface area contributed by atoms with E-state index in [1.54, 1.807) is 37.4 Å². The summed E-state index contributed by atoms with van der Waals surface area (Å²) in [6.07, 6.45) is 1.52. The van der Waals surface area contributed by atoms with Gasteiger partial charge in [-0.3, -0.25) is 4.79 Å². The molecular weight excluding hydrogens is 366 g/mol. The van der Waals surface area contributed by atoms with Gasteiger partial charge < -0.3 is 19.2 Å². The predicted octanol–water partition coefficient (Wildman–Crippen LogP) is 6.00. The second-order valence-corrected chi connectivity index (χ2v) is 6.26. The van der Waals surface area contributed by atoms with Crippen LogP contribution in [-0.4, -0.2) is 13.0 Å². The number of benzene rings is 3. The van der Waals surface area contributed by atoms with E-state index in [4.69, 9.17) is 13.9 Å². The first kappa shape index (κ1) is 18.4. The molecule has 0 bridgehead atoms. The summed E-state index contributed by atoms with van der Waals surface area (Å²) in [7, 11) is 1.60. The molecule has 0 aliphatic carbocycles. The topological polar surface area (TPSA) is 60.7 Å². The number of amides is 1. The molecule has 4 rings (SSSR count). The molecule has 5 heteroatoms. The van der Waals surface area contributed by atoms with Gasteiger partial charge in [0.25, 0.3) is 5.91 Å². The van der Waals surface area contributed by atoms with Crippen molar-refractivity contribution in [3.8, 4) is 28.4 Å². The van der Waals surface area contributed by atoms with Gasteiger partial charge in [0.05, 0.1) is 13.4 Å². The number of furan rings is 1. The average molecular weight is 385 g/mol. The van der Waals surface area contributed by atoms with E-state index in [-0.39, 0.29) is 11.7 Å². The van der Waals surface area contributed by atoms with Gasteiger partial charge in [0.2, 0.25) is 0 Å². The fourth-order valence-electron chi connectivity index (χ4n) is 2.95. The molecule has 1 heterocycles. The smallest absolute Gasteiger partial charge is 0.292 e. The fourth-order valence-corrected chi connectivity index (χ4v) is 2.95. The summed E-state index contributed by atoms with van der Waals surface area (Å²) >= 11 is 0. The molecule has 4 aromatic rings. The Morgan fingerprint density at radius 2 is 1.52 bits per heavy atom. The molecule has 0 atom stereocenters. The average Bonchev–Trinajstić information content (AvgIpc) is 3.26. The minimum Gasteiger partial charge on any atom is -0.493 e. The molecule has 0 unspecified atom stereocenters. The van der Waals surface area contributed by atoms with Crippen LogP contribution in [0.3, 0.4) is 0 Å². The van der Waals surface area contributed by atoms with Gasteiger partial charge in [0, 0.05) is 11.3 Å².